The maximum Gasteiger partial charge on any atom is 0.255 e. The summed E-state index contributed by atoms with van der Waals surface area (Å²) in [5, 5.41) is 2.73. The number of hydrogen-bond acceptors (Lipinski definition) is 3. The molecule has 1 aliphatic rings. The lowest BCUT2D eigenvalue weighted by Crippen LogP contribution is -2.46. The average molecular weight is 326 g/mol. The smallest absolute Gasteiger partial charge is 0.255 e. The fourth-order valence-corrected chi connectivity index (χ4v) is 3.27. The summed E-state index contributed by atoms with van der Waals surface area (Å²) in [5.74, 6) is 0.0362. The van der Waals surface area contributed by atoms with Gasteiger partial charge in [0.05, 0.1) is 11.8 Å². The highest BCUT2D eigenvalue weighted by molar-refractivity contribution is 5.97. The van der Waals surface area contributed by atoms with E-state index in [2.05, 4.69) is 24.4 Å². The van der Waals surface area contributed by atoms with Crippen LogP contribution in [0.2, 0.25) is 0 Å². The zero-order valence-corrected chi connectivity index (χ0v) is 14.0. The fraction of sp³-hybridized carbons (Fsp3) is 0.368. The number of carbonyl (C=O) groups excluding carboxylic acids is 2. The molecule has 5 heteroatoms. The Balaban J connectivity index is 1.60. The van der Waals surface area contributed by atoms with E-state index in [9.17, 15) is 9.59 Å². The highest BCUT2D eigenvalue weighted by Gasteiger charge is 2.31. The van der Waals surface area contributed by atoms with Gasteiger partial charge in [-0.2, -0.15) is 0 Å². The van der Waals surface area contributed by atoms with Crippen molar-refractivity contribution in [3.8, 4) is 0 Å². The average Bonchev–Trinajstić information content (AvgIpc) is 3.26. The van der Waals surface area contributed by atoms with Crippen LogP contribution in [0, 0.1) is 6.92 Å². The Bertz CT molecular complexity index is 724. The van der Waals surface area contributed by atoms with Gasteiger partial charge in [-0.05, 0) is 37.5 Å². The largest absolute Gasteiger partial charge is 0.472 e. The molecule has 1 aromatic carbocycles. The SMILES string of the molecule is Cc1ccccc1[C@H]1CCN(C(=O)[C@@H](C)NC(=O)c2ccoc2)C1. The van der Waals surface area contributed by atoms with Crippen LogP contribution in [0.1, 0.15) is 40.7 Å². The van der Waals surface area contributed by atoms with Crippen LogP contribution in [0.15, 0.2) is 47.3 Å². The van der Waals surface area contributed by atoms with E-state index in [1.165, 1.54) is 23.7 Å². The number of aryl methyl sites for hydroxylation is 1. The molecule has 24 heavy (non-hydrogen) atoms. The Hall–Kier alpha value is -2.56. The van der Waals surface area contributed by atoms with Gasteiger partial charge in [0, 0.05) is 19.0 Å². The molecule has 0 unspecified atom stereocenters. The number of nitrogens with one attached hydrogen (secondary N) is 1. The normalized spacial score (nSPS) is 18.4. The van der Waals surface area contributed by atoms with Gasteiger partial charge in [0.1, 0.15) is 12.3 Å². The van der Waals surface area contributed by atoms with Gasteiger partial charge >= 0.3 is 0 Å². The highest BCUT2D eigenvalue weighted by atomic mass is 16.3. The molecule has 126 valence electrons. The molecule has 1 saturated heterocycles. The number of amides is 2. The number of hydrogen-bond donors (Lipinski definition) is 1. The van der Waals surface area contributed by atoms with Crippen molar-refractivity contribution in [2.45, 2.75) is 32.2 Å². The molecule has 1 N–H and O–H groups in total. The Labute approximate surface area is 141 Å². The molecule has 1 aliphatic heterocycles. The second-order valence-electron chi connectivity index (χ2n) is 6.33. The third-order valence-electron chi connectivity index (χ3n) is 4.63. The number of furan rings is 1. The molecule has 1 aromatic heterocycles. The summed E-state index contributed by atoms with van der Waals surface area (Å²) in [4.78, 5) is 26.5. The summed E-state index contributed by atoms with van der Waals surface area (Å²) in [6.45, 7) is 5.26. The Morgan fingerprint density at radius 1 is 1.29 bits per heavy atom. The number of likely N-dealkylation sites (tertiary alicyclic amines) is 1. The van der Waals surface area contributed by atoms with E-state index in [-0.39, 0.29) is 11.8 Å². The maximum absolute atomic E-state index is 12.6. The zero-order chi connectivity index (χ0) is 17.1. The molecule has 0 bridgehead atoms. The molecule has 0 radical (unpaired) electrons. The van der Waals surface area contributed by atoms with E-state index >= 15 is 0 Å². The van der Waals surface area contributed by atoms with Crippen LogP contribution in [0.25, 0.3) is 0 Å². The Kier molecular flexibility index (Phi) is 4.69. The predicted molar refractivity (Wildman–Crippen MR) is 90.8 cm³/mol. The third kappa shape index (κ3) is 3.35. The lowest BCUT2D eigenvalue weighted by molar-refractivity contribution is -0.131. The van der Waals surface area contributed by atoms with Gasteiger partial charge in [0.2, 0.25) is 5.91 Å². The van der Waals surface area contributed by atoms with Crippen molar-refractivity contribution in [1.82, 2.24) is 10.2 Å². The Morgan fingerprint density at radius 3 is 2.79 bits per heavy atom. The molecule has 2 atom stereocenters. The molecular formula is C19H22N2O3. The number of rotatable bonds is 4. The molecular weight excluding hydrogens is 304 g/mol. The molecule has 3 rings (SSSR count). The van der Waals surface area contributed by atoms with Crippen LogP contribution in [0.4, 0.5) is 0 Å². The Morgan fingerprint density at radius 2 is 2.08 bits per heavy atom. The number of carbonyl (C=O) groups is 2. The van der Waals surface area contributed by atoms with Gasteiger partial charge in [-0.15, -0.1) is 0 Å². The summed E-state index contributed by atoms with van der Waals surface area (Å²) >= 11 is 0. The van der Waals surface area contributed by atoms with Crippen molar-refractivity contribution in [1.29, 1.82) is 0 Å². The van der Waals surface area contributed by atoms with Gasteiger partial charge in [0.15, 0.2) is 0 Å². The predicted octanol–water partition coefficient (Wildman–Crippen LogP) is 2.72. The molecule has 0 spiro atoms. The van der Waals surface area contributed by atoms with E-state index in [4.69, 9.17) is 4.42 Å². The van der Waals surface area contributed by atoms with Crippen LogP contribution >= 0.6 is 0 Å². The van der Waals surface area contributed by atoms with Gasteiger partial charge in [-0.25, -0.2) is 0 Å². The maximum atomic E-state index is 12.6. The lowest BCUT2D eigenvalue weighted by atomic mass is 9.94. The molecule has 2 heterocycles. The molecule has 1 fully saturated rings. The van der Waals surface area contributed by atoms with Gasteiger partial charge in [-0.1, -0.05) is 24.3 Å². The number of benzene rings is 1. The first kappa shape index (κ1) is 16.3. The van der Waals surface area contributed by atoms with Crippen molar-refractivity contribution >= 4 is 11.8 Å². The molecule has 0 aliphatic carbocycles. The summed E-state index contributed by atoms with van der Waals surface area (Å²) in [5.41, 5.74) is 3.00. The zero-order valence-electron chi connectivity index (χ0n) is 14.0. The monoisotopic (exact) mass is 326 g/mol. The van der Waals surface area contributed by atoms with E-state index in [0.717, 1.165) is 13.0 Å². The van der Waals surface area contributed by atoms with Crippen molar-refractivity contribution in [3.63, 3.8) is 0 Å². The van der Waals surface area contributed by atoms with Crippen LogP contribution in [0.3, 0.4) is 0 Å². The summed E-state index contributed by atoms with van der Waals surface area (Å²) < 4.78 is 4.90. The van der Waals surface area contributed by atoms with Crippen LogP contribution < -0.4 is 5.32 Å². The minimum atomic E-state index is -0.553. The quantitative estimate of drug-likeness (QED) is 0.939. The fourth-order valence-electron chi connectivity index (χ4n) is 3.27. The number of nitrogens with zero attached hydrogens (tertiary/aromatic N) is 1. The van der Waals surface area contributed by atoms with E-state index in [1.807, 2.05) is 17.0 Å². The van der Waals surface area contributed by atoms with Crippen molar-refractivity contribution in [2.75, 3.05) is 13.1 Å². The second-order valence-corrected chi connectivity index (χ2v) is 6.33. The summed E-state index contributed by atoms with van der Waals surface area (Å²) in [6, 6.07) is 9.34. The molecule has 0 saturated carbocycles. The van der Waals surface area contributed by atoms with Crippen LogP contribution in [-0.2, 0) is 4.79 Å². The first-order valence-electron chi connectivity index (χ1n) is 8.23. The minimum absolute atomic E-state index is 0.0390. The summed E-state index contributed by atoms with van der Waals surface area (Å²) in [6.07, 6.45) is 3.77. The van der Waals surface area contributed by atoms with Crippen molar-refractivity contribution in [2.24, 2.45) is 0 Å². The van der Waals surface area contributed by atoms with Crippen LogP contribution in [-0.4, -0.2) is 35.8 Å². The van der Waals surface area contributed by atoms with Gasteiger partial charge in [0.25, 0.3) is 5.91 Å². The highest BCUT2D eigenvalue weighted by Crippen LogP contribution is 2.29. The van der Waals surface area contributed by atoms with E-state index in [1.54, 1.807) is 13.0 Å². The minimum Gasteiger partial charge on any atom is -0.472 e. The third-order valence-corrected chi connectivity index (χ3v) is 4.63. The van der Waals surface area contributed by atoms with Crippen LogP contribution in [0.5, 0.6) is 0 Å². The topological polar surface area (TPSA) is 62.6 Å². The standard InChI is InChI=1S/C19H22N2O3/c1-13-5-3-4-6-17(13)15-7-9-21(11-15)19(23)14(2)20-18(22)16-8-10-24-12-16/h3-6,8,10,12,14-15H,7,9,11H2,1-2H3,(H,20,22)/t14-,15+/m1/s1. The molecule has 2 amide bonds. The molecule has 2 aromatic rings. The first-order valence-corrected chi connectivity index (χ1v) is 8.23. The lowest BCUT2D eigenvalue weighted by Gasteiger charge is -2.22. The van der Waals surface area contributed by atoms with E-state index < -0.39 is 6.04 Å². The van der Waals surface area contributed by atoms with Crippen molar-refractivity contribution in [3.05, 3.63) is 59.5 Å². The van der Waals surface area contributed by atoms with Gasteiger partial charge < -0.3 is 14.6 Å². The van der Waals surface area contributed by atoms with E-state index in [0.29, 0.717) is 18.0 Å². The molecule has 5 nitrogen and oxygen atoms in total. The van der Waals surface area contributed by atoms with Crippen molar-refractivity contribution < 1.29 is 14.0 Å². The first-order chi connectivity index (χ1) is 11.6. The van der Waals surface area contributed by atoms with Gasteiger partial charge in [-0.3, -0.25) is 9.59 Å². The summed E-state index contributed by atoms with van der Waals surface area (Å²) in [7, 11) is 0. The second kappa shape index (κ2) is 6.91.